The predicted octanol–water partition coefficient (Wildman–Crippen LogP) is 4.48. The number of phosphoric ester groups is 2. The molecule has 62 heavy (non-hydrogen) atoms. The smallest absolute Gasteiger partial charge is 0.462 e. The minimum Gasteiger partial charge on any atom is -0.462 e. The van der Waals surface area contributed by atoms with E-state index >= 15 is 0 Å². The van der Waals surface area contributed by atoms with E-state index < -0.39 is 88.4 Å². The number of carbonyl (C=O) groups is 2. The third kappa shape index (κ3) is 18.9. The summed E-state index contributed by atoms with van der Waals surface area (Å²) in [6, 6.07) is 2.74. The number of nitrogens with one attached hydrogen (secondary N) is 1. The van der Waals surface area contributed by atoms with E-state index in [2.05, 4.69) is 31.7 Å². The molecule has 1 aromatic carbocycles. The van der Waals surface area contributed by atoms with E-state index in [9.17, 15) is 54.2 Å². The predicted molar refractivity (Wildman–Crippen MR) is 218 cm³/mol. The maximum atomic E-state index is 13.0. The molecule has 1 aromatic heterocycles. The van der Waals surface area contributed by atoms with Gasteiger partial charge in [-0.05, 0) is 35.6 Å². The highest BCUT2D eigenvalue weighted by molar-refractivity contribution is 7.47. The second-order valence-electron chi connectivity index (χ2n) is 15.2. The Morgan fingerprint density at radius 2 is 1.27 bits per heavy atom. The lowest BCUT2D eigenvalue weighted by Crippen LogP contribution is -2.64. The molecule has 0 saturated heterocycles. The number of carbonyl (C=O) groups excluding carboxylic acids is 2. The Balaban J connectivity index is 1.49. The summed E-state index contributed by atoms with van der Waals surface area (Å²) in [5.41, 5.74) is 0.359. The summed E-state index contributed by atoms with van der Waals surface area (Å²) in [7, 11) is -10.8. The van der Waals surface area contributed by atoms with Gasteiger partial charge in [0.2, 0.25) is 5.52 Å². The summed E-state index contributed by atoms with van der Waals surface area (Å²) in [6.07, 6.45) is 0.616. The van der Waals surface area contributed by atoms with Crippen LogP contribution in [0.1, 0.15) is 122 Å². The van der Waals surface area contributed by atoms with Gasteiger partial charge < -0.3 is 49.9 Å². The Bertz CT molecular complexity index is 1760. The summed E-state index contributed by atoms with van der Waals surface area (Å²) in [5.74, 6) is -1.40. The van der Waals surface area contributed by atoms with Gasteiger partial charge in [0.1, 0.15) is 43.2 Å². The summed E-state index contributed by atoms with van der Waals surface area (Å²) < 4.78 is 53.8. The van der Waals surface area contributed by atoms with Crippen molar-refractivity contribution in [2.45, 2.75) is 165 Å². The molecule has 8 atom stereocenters. The lowest BCUT2D eigenvalue weighted by atomic mass is 9.85. The molecule has 1 aliphatic carbocycles. The molecular formula is C37H62N4O19P2. The van der Waals surface area contributed by atoms with Crippen molar-refractivity contribution >= 4 is 50.0 Å². The van der Waals surface area contributed by atoms with Crippen LogP contribution >= 0.6 is 15.6 Å². The van der Waals surface area contributed by atoms with E-state index in [-0.39, 0.29) is 29.6 Å². The second-order valence-corrected chi connectivity index (χ2v) is 17.8. The molecule has 354 valence electrons. The number of hydrogen-bond acceptors (Lipinski definition) is 19. The molecule has 1 aliphatic rings. The lowest BCUT2D eigenvalue weighted by molar-refractivity contribution is -0.383. The van der Waals surface area contributed by atoms with Gasteiger partial charge in [-0.3, -0.25) is 33.3 Å². The zero-order valence-electron chi connectivity index (χ0n) is 34.8. The second kappa shape index (κ2) is 27.2. The van der Waals surface area contributed by atoms with Crippen LogP contribution in [-0.4, -0.2) is 125 Å². The molecule has 1 saturated carbocycles. The number of aliphatic hydroxyl groups excluding tert-OH is 4. The Morgan fingerprint density at radius 3 is 1.85 bits per heavy atom. The third-order valence-corrected chi connectivity index (χ3v) is 11.7. The summed E-state index contributed by atoms with van der Waals surface area (Å²) in [4.78, 5) is 64.8. The van der Waals surface area contributed by atoms with Gasteiger partial charge in [-0.25, -0.2) is 13.8 Å². The van der Waals surface area contributed by atoms with Crippen LogP contribution in [0.15, 0.2) is 16.8 Å². The van der Waals surface area contributed by atoms with Gasteiger partial charge in [0.15, 0.2) is 11.6 Å². The lowest BCUT2D eigenvalue weighted by Gasteiger charge is -2.43. The maximum absolute atomic E-state index is 13.0. The average molecular weight is 929 g/mol. The highest BCUT2D eigenvalue weighted by Crippen LogP contribution is 2.49. The quantitative estimate of drug-likeness (QED) is 0.0165. The van der Waals surface area contributed by atoms with Crippen LogP contribution in [0.2, 0.25) is 0 Å². The largest absolute Gasteiger partial charge is 0.472 e. The Morgan fingerprint density at radius 1 is 0.742 bits per heavy atom. The number of rotatable bonds is 32. The molecule has 1 unspecified atom stereocenters. The number of ether oxygens (including phenoxy) is 2. The number of aromatic nitrogens is 2. The van der Waals surface area contributed by atoms with Crippen molar-refractivity contribution < 1.29 is 86.4 Å². The molecule has 0 spiro atoms. The van der Waals surface area contributed by atoms with Crippen LogP contribution in [0.5, 0.6) is 0 Å². The van der Waals surface area contributed by atoms with Gasteiger partial charge in [-0.2, -0.15) is 0 Å². The fraction of sp³-hybridized carbons (Fsp3) is 0.784. The number of phosphoric acid groups is 2. The number of fused-ring (bicyclic) bond motifs is 1. The number of nitrogens with zero attached hydrogens (tertiary/aromatic N) is 3. The van der Waals surface area contributed by atoms with Crippen molar-refractivity contribution in [2.24, 2.45) is 0 Å². The van der Waals surface area contributed by atoms with E-state index in [1.54, 1.807) is 0 Å². The van der Waals surface area contributed by atoms with Gasteiger partial charge in [-0.1, -0.05) is 90.4 Å². The first-order valence-corrected chi connectivity index (χ1v) is 24.1. The molecule has 23 nitrogen and oxygen atoms in total. The molecule has 25 heteroatoms. The van der Waals surface area contributed by atoms with Crippen LogP contribution in [-0.2, 0) is 41.8 Å². The van der Waals surface area contributed by atoms with Crippen LogP contribution in [0.3, 0.4) is 0 Å². The number of esters is 2. The van der Waals surface area contributed by atoms with Gasteiger partial charge >= 0.3 is 33.3 Å². The van der Waals surface area contributed by atoms with Gasteiger partial charge in [0.05, 0.1) is 17.2 Å². The van der Waals surface area contributed by atoms with Gasteiger partial charge in [0.25, 0.3) is 0 Å². The molecule has 2 aromatic rings. The molecule has 0 aliphatic heterocycles. The number of nitro groups is 1. The fourth-order valence-corrected chi connectivity index (χ4v) is 8.33. The molecule has 3 rings (SSSR count). The van der Waals surface area contributed by atoms with E-state index in [0.29, 0.717) is 37.9 Å². The highest BCUT2D eigenvalue weighted by Gasteiger charge is 2.54. The number of unbranched alkanes of at least 4 members (excludes halogenated alkanes) is 14. The van der Waals surface area contributed by atoms with Crippen molar-refractivity contribution in [3.8, 4) is 0 Å². The molecule has 1 fully saturated rings. The molecule has 0 bridgehead atoms. The number of non-ortho nitro benzene ring substituents is 1. The Hall–Kier alpha value is -3.18. The Labute approximate surface area is 358 Å². The number of hydrogen-bond donors (Lipinski definition) is 8. The average Bonchev–Trinajstić information content (AvgIpc) is 3.71. The summed E-state index contributed by atoms with van der Waals surface area (Å²) in [6.45, 7) is 1.08. The van der Waals surface area contributed by atoms with Crippen molar-refractivity contribution in [1.29, 1.82) is 0 Å². The van der Waals surface area contributed by atoms with Crippen LogP contribution < -0.4 is 5.32 Å². The van der Waals surface area contributed by atoms with Crippen molar-refractivity contribution in [1.82, 2.24) is 10.3 Å². The number of anilines is 1. The zero-order chi connectivity index (χ0) is 45.7. The Kier molecular flexibility index (Phi) is 23.3. The van der Waals surface area contributed by atoms with E-state index in [1.807, 2.05) is 0 Å². The topological polar surface area (TPSA) is 350 Å². The fourth-order valence-electron chi connectivity index (χ4n) is 6.79. The van der Waals surface area contributed by atoms with Crippen molar-refractivity contribution in [3.63, 3.8) is 0 Å². The number of benzene rings is 1. The summed E-state index contributed by atoms with van der Waals surface area (Å²) >= 11 is 0. The maximum Gasteiger partial charge on any atom is 0.472 e. The molecule has 0 radical (unpaired) electrons. The molecule has 0 amide bonds. The van der Waals surface area contributed by atoms with Crippen molar-refractivity contribution in [2.75, 3.05) is 25.1 Å². The third-order valence-electron chi connectivity index (χ3n) is 10.2. The van der Waals surface area contributed by atoms with E-state index in [1.165, 1.54) is 63.5 Å². The van der Waals surface area contributed by atoms with E-state index in [4.69, 9.17) is 28.3 Å². The van der Waals surface area contributed by atoms with E-state index in [0.717, 1.165) is 25.7 Å². The monoisotopic (exact) mass is 928 g/mol. The number of nitro benzene ring substituents is 1. The number of aliphatic hydroxyl groups is 4. The SMILES string of the molecule is CCCCCCCCCCCCCCCC(=O)OC[C@H](COP(=O)(O)O[C@H]1[C@@H](O)[C@@H](OP(=O)(O)O)[C@H](O)[C@H](O)[C@H]1O)OC(=O)CCCCCNc1ccc([N+](=O)[O-])c2nonc12. The van der Waals surface area contributed by atoms with Crippen LogP contribution in [0.25, 0.3) is 11.0 Å². The first-order chi connectivity index (χ1) is 29.4. The minimum atomic E-state index is -5.40. The standard InChI is InChI=1S/C37H62N4O19P2/c1-2-3-4-5-6-7-8-9-10-11-12-13-15-18-28(42)55-23-25(24-56-62(53,54)59-37-34(46)32(44)33(45)36(35(37)47)58-61(50,51)52)57-29(43)19-16-14-17-22-38-26-20-21-27(41(48)49)31-30(26)39-60-40-31/h20-21,25,32-38,44-47H,2-19,22-24H2,1H3,(H,53,54)(H2,50,51,52)/t25-,32+,33-,34-,35+,36+,37-/m1/s1. The van der Waals surface area contributed by atoms with Crippen molar-refractivity contribution in [3.05, 3.63) is 22.2 Å². The molecule has 8 N–H and O–H groups in total. The minimum absolute atomic E-state index is 0.0140. The van der Waals surface area contributed by atoms with Crippen LogP contribution in [0, 0.1) is 10.1 Å². The van der Waals surface area contributed by atoms with Gasteiger partial charge in [-0.15, -0.1) is 0 Å². The molecule has 1 heterocycles. The highest BCUT2D eigenvalue weighted by atomic mass is 31.2. The van der Waals surface area contributed by atoms with Crippen LogP contribution in [0.4, 0.5) is 11.4 Å². The first-order valence-electron chi connectivity index (χ1n) is 21.0. The van der Waals surface area contributed by atoms with Gasteiger partial charge in [0, 0.05) is 25.5 Å². The zero-order valence-corrected chi connectivity index (χ0v) is 36.6. The summed E-state index contributed by atoms with van der Waals surface area (Å²) in [5, 5.41) is 62.8. The molecular weight excluding hydrogens is 866 g/mol. The first kappa shape index (κ1) is 53.2. The normalized spacial score (nSPS) is 21.9.